The van der Waals surface area contributed by atoms with Crippen LogP contribution in [0.25, 0.3) is 10.9 Å². The van der Waals surface area contributed by atoms with E-state index in [-0.39, 0.29) is 18.8 Å². The first-order chi connectivity index (χ1) is 31.4. The van der Waals surface area contributed by atoms with E-state index >= 15 is 0 Å². The number of hydrogen-bond acceptors (Lipinski definition) is 8. The van der Waals surface area contributed by atoms with Crippen molar-refractivity contribution >= 4 is 58.3 Å². The number of H-pyrrole nitrogens is 1. The summed E-state index contributed by atoms with van der Waals surface area (Å²) >= 11 is 0. The van der Waals surface area contributed by atoms with Crippen LogP contribution >= 0.6 is 0 Å². The first-order valence-corrected chi connectivity index (χ1v) is 22.3. The number of para-hydroxylation sites is 1. The van der Waals surface area contributed by atoms with E-state index in [4.69, 9.17) is 0 Å². The van der Waals surface area contributed by atoms with Gasteiger partial charge in [-0.3, -0.25) is 33.6 Å². The van der Waals surface area contributed by atoms with E-state index in [1.807, 2.05) is 86.6 Å². The molecule has 3 aromatic carbocycles. The lowest BCUT2D eigenvalue weighted by Gasteiger charge is -2.31. The molecule has 0 radical (unpaired) electrons. The smallest absolute Gasteiger partial charge is 0.326 e. The molecule has 0 bridgehead atoms. The van der Waals surface area contributed by atoms with Crippen molar-refractivity contribution in [3.05, 3.63) is 107 Å². The minimum absolute atomic E-state index is 0.0451. The zero-order valence-electron chi connectivity index (χ0n) is 38.1. The molecule has 1 aliphatic rings. The molecule has 0 unspecified atom stereocenters. The Morgan fingerprint density at radius 1 is 0.652 bits per heavy atom. The zero-order chi connectivity index (χ0) is 48.2. The van der Waals surface area contributed by atoms with E-state index in [0.717, 1.165) is 33.2 Å². The summed E-state index contributed by atoms with van der Waals surface area (Å²) in [5.74, 6) is -8.63. The fraction of sp³-hybridized carbons (Fsp3) is 0.429. The third-order valence-corrected chi connectivity index (χ3v) is 12.0. The minimum atomic E-state index is -1.71. The number of fused-ring (bicyclic) bond motifs is 3. The molecule has 0 spiro atoms. The van der Waals surface area contributed by atoms with E-state index in [9.17, 15) is 48.6 Å². The van der Waals surface area contributed by atoms with Crippen LogP contribution in [0.15, 0.2) is 79.0 Å². The van der Waals surface area contributed by atoms with Gasteiger partial charge in [-0.2, -0.15) is 0 Å². The van der Waals surface area contributed by atoms with Gasteiger partial charge in [-0.1, -0.05) is 101 Å². The number of nitrogens with one attached hydrogen (secondary N) is 7. The lowest BCUT2D eigenvalue weighted by atomic mass is 9.82. The Labute approximate surface area is 383 Å². The maximum atomic E-state index is 14.5. The minimum Gasteiger partial charge on any atom is -0.481 e. The van der Waals surface area contributed by atoms with Crippen molar-refractivity contribution in [3.8, 4) is 0 Å². The van der Waals surface area contributed by atoms with Gasteiger partial charge in [0, 0.05) is 36.4 Å². The highest BCUT2D eigenvalue weighted by Gasteiger charge is 2.39. The molecule has 7 atom stereocenters. The van der Waals surface area contributed by atoms with Crippen molar-refractivity contribution in [2.45, 2.75) is 122 Å². The predicted octanol–water partition coefficient (Wildman–Crippen LogP) is 3.24. The fourth-order valence-corrected chi connectivity index (χ4v) is 8.41. The van der Waals surface area contributed by atoms with Gasteiger partial charge in [-0.25, -0.2) is 4.79 Å². The first kappa shape index (κ1) is 50.0. The van der Waals surface area contributed by atoms with Gasteiger partial charge in [0.1, 0.15) is 36.3 Å². The number of rotatable bonds is 21. The summed E-state index contributed by atoms with van der Waals surface area (Å²) in [7, 11) is 0. The quantitative estimate of drug-likeness (QED) is 0.0590. The van der Waals surface area contributed by atoms with Crippen molar-refractivity contribution in [3.63, 3.8) is 0 Å². The summed E-state index contributed by atoms with van der Waals surface area (Å²) in [4.78, 5) is 110. The van der Waals surface area contributed by atoms with Crippen LogP contribution in [0, 0.1) is 11.8 Å². The second-order valence-corrected chi connectivity index (χ2v) is 17.5. The predicted molar refractivity (Wildman–Crippen MR) is 246 cm³/mol. The van der Waals surface area contributed by atoms with Gasteiger partial charge in [-0.15, -0.1) is 0 Å². The topological polar surface area (TPSA) is 265 Å². The Hall–Kier alpha value is -7.04. The number of carboxylic acids is 2. The van der Waals surface area contributed by atoms with E-state index in [0.29, 0.717) is 24.8 Å². The molecule has 66 heavy (non-hydrogen) atoms. The number of aliphatic carboxylic acids is 2. The summed E-state index contributed by atoms with van der Waals surface area (Å²) in [6.07, 6.45) is 2.64. The molecule has 17 heteroatoms. The molecule has 0 fully saturated rings. The van der Waals surface area contributed by atoms with Crippen LogP contribution in [0.4, 0.5) is 0 Å². The van der Waals surface area contributed by atoms with Crippen LogP contribution in [0.1, 0.15) is 94.5 Å². The van der Waals surface area contributed by atoms with Gasteiger partial charge in [-0.05, 0) is 71.9 Å². The van der Waals surface area contributed by atoms with Crippen molar-refractivity contribution in [2.75, 3.05) is 0 Å². The standard InChI is InChI=1S/C49H61N7O10/c1-7-27(4)42(47(63)55-39(49(65)66)23-32-25-50-36-19-13-12-16-33(32)36)56-44(60)28(5)51-45(61)38(24-40(58)59)53-46(62)37(22-26(2)3)54-48(64)43(52-29(6)57)41-34-17-10-8-14-30(34)20-21-31-15-9-11-18-35(31)41/h8-19,25-28,37-39,41-43,50H,7,20-24H2,1-6H3,(H,51,61)(H,52,57)(H,53,62)(H,54,64)(H,55,63)(H,56,60)(H,58,59)(H,65,66)/t27-,28-,37-,38-,39-,42-,43+/m0/s1. The summed E-state index contributed by atoms with van der Waals surface area (Å²) < 4.78 is 0. The van der Waals surface area contributed by atoms with Crippen LogP contribution in [0.5, 0.6) is 0 Å². The SMILES string of the molecule is CC[C@H](C)[C@H](NC(=O)[C@H](C)NC(=O)[C@H](CC(=O)O)NC(=O)[C@H](CC(C)C)NC(=O)[C@H](NC(C)=O)C1c2ccccc2CCc2ccccc21)C(=O)N[C@@H](Cc1c[nH]c2ccccc12)C(=O)O. The number of carbonyl (C=O) groups excluding carboxylic acids is 6. The molecular formula is C49H61N7O10. The number of aryl methyl sites for hydroxylation is 2. The number of aromatic nitrogens is 1. The van der Waals surface area contributed by atoms with Gasteiger partial charge in [0.25, 0.3) is 0 Å². The highest BCUT2D eigenvalue weighted by Crippen LogP contribution is 2.37. The molecule has 1 aromatic heterocycles. The molecule has 9 N–H and O–H groups in total. The second-order valence-electron chi connectivity index (χ2n) is 17.5. The molecule has 1 aliphatic carbocycles. The van der Waals surface area contributed by atoms with Crippen LogP contribution in [0.3, 0.4) is 0 Å². The normalized spacial score (nSPS) is 15.5. The summed E-state index contributed by atoms with van der Waals surface area (Å²) in [6, 6.07) is 14.6. The van der Waals surface area contributed by atoms with Crippen LogP contribution < -0.4 is 31.9 Å². The second kappa shape index (κ2) is 22.7. The number of amides is 6. The highest BCUT2D eigenvalue weighted by atomic mass is 16.4. The Kier molecular flexibility index (Phi) is 17.2. The third kappa shape index (κ3) is 12.8. The molecule has 0 saturated heterocycles. The molecule has 17 nitrogen and oxygen atoms in total. The Morgan fingerprint density at radius 3 is 1.79 bits per heavy atom. The van der Waals surface area contributed by atoms with Gasteiger partial charge in [0.2, 0.25) is 35.4 Å². The fourth-order valence-electron chi connectivity index (χ4n) is 8.41. The molecule has 6 amide bonds. The van der Waals surface area contributed by atoms with E-state index in [2.05, 4.69) is 36.9 Å². The van der Waals surface area contributed by atoms with Crippen LogP contribution in [-0.2, 0) is 57.6 Å². The first-order valence-electron chi connectivity index (χ1n) is 22.3. The molecule has 352 valence electrons. The number of carboxylic acid groups (broad SMARTS) is 2. The van der Waals surface area contributed by atoms with Gasteiger partial charge >= 0.3 is 11.9 Å². The number of hydrogen-bond donors (Lipinski definition) is 9. The molecular weight excluding hydrogens is 847 g/mol. The van der Waals surface area contributed by atoms with Gasteiger partial charge < -0.3 is 47.1 Å². The van der Waals surface area contributed by atoms with Gasteiger partial charge in [0.15, 0.2) is 0 Å². The summed E-state index contributed by atoms with van der Waals surface area (Å²) in [6.45, 7) is 9.72. The lowest BCUT2D eigenvalue weighted by molar-refractivity contribution is -0.142. The van der Waals surface area contributed by atoms with Gasteiger partial charge in [0.05, 0.1) is 6.42 Å². The molecule has 1 heterocycles. The largest absolute Gasteiger partial charge is 0.481 e. The van der Waals surface area contributed by atoms with Crippen molar-refractivity contribution in [2.24, 2.45) is 11.8 Å². The summed E-state index contributed by atoms with van der Waals surface area (Å²) in [5, 5.41) is 36.3. The van der Waals surface area contributed by atoms with E-state index in [1.54, 1.807) is 20.0 Å². The highest BCUT2D eigenvalue weighted by molar-refractivity contribution is 5.98. The molecule has 5 rings (SSSR count). The van der Waals surface area contributed by atoms with E-state index < -0.39 is 102 Å². The van der Waals surface area contributed by atoms with Crippen molar-refractivity contribution in [1.82, 2.24) is 36.9 Å². The maximum absolute atomic E-state index is 14.5. The van der Waals surface area contributed by atoms with E-state index in [1.165, 1.54) is 13.8 Å². The Balaban J connectivity index is 1.30. The number of carbonyl (C=O) groups is 8. The monoisotopic (exact) mass is 907 g/mol. The molecule has 0 aliphatic heterocycles. The molecule has 0 saturated carbocycles. The number of aromatic amines is 1. The molecule has 4 aromatic rings. The van der Waals surface area contributed by atoms with Crippen molar-refractivity contribution in [1.29, 1.82) is 0 Å². The summed E-state index contributed by atoms with van der Waals surface area (Å²) in [5.41, 5.74) is 5.17. The van der Waals surface area contributed by atoms with Crippen LogP contribution in [0.2, 0.25) is 0 Å². The third-order valence-electron chi connectivity index (χ3n) is 12.0. The average Bonchev–Trinajstić information content (AvgIpc) is 3.60. The maximum Gasteiger partial charge on any atom is 0.326 e. The van der Waals surface area contributed by atoms with Crippen molar-refractivity contribution < 1.29 is 48.6 Å². The number of benzene rings is 3. The Morgan fingerprint density at radius 2 is 1.21 bits per heavy atom. The zero-order valence-corrected chi connectivity index (χ0v) is 38.1. The lowest BCUT2D eigenvalue weighted by Crippen LogP contribution is -2.60. The van der Waals surface area contributed by atoms with Crippen LogP contribution in [-0.4, -0.2) is 98.8 Å². The average molecular weight is 908 g/mol. The Bertz CT molecular complexity index is 2380.